The predicted octanol–water partition coefficient (Wildman–Crippen LogP) is 6.24. The highest BCUT2D eigenvalue weighted by atomic mass is 79.9. The first-order chi connectivity index (χ1) is 9.93. The molecule has 0 atom stereocenters. The lowest BCUT2D eigenvalue weighted by molar-refractivity contribution is -0.135. The molecule has 0 radical (unpaired) electrons. The Hall–Kier alpha value is -1.62. The third kappa shape index (κ3) is 2.29. The van der Waals surface area contributed by atoms with Crippen molar-refractivity contribution in [1.29, 1.82) is 0 Å². The monoisotopic (exact) mass is 356 g/mol. The molecule has 0 heterocycles. The second-order valence-corrected chi connectivity index (χ2v) is 5.64. The van der Waals surface area contributed by atoms with Crippen LogP contribution in [0, 0.1) is 0 Å². The minimum Gasteiger partial charge on any atom is -0.246 e. The summed E-state index contributed by atoms with van der Waals surface area (Å²) in [4.78, 5) is 0. The van der Waals surface area contributed by atoms with Crippen LogP contribution in [0.2, 0.25) is 0 Å². The second kappa shape index (κ2) is 4.98. The van der Waals surface area contributed by atoms with E-state index in [1.165, 1.54) is 30.3 Å². The maximum absolute atomic E-state index is 13.5. The molecule has 0 aromatic heterocycles. The quantitative estimate of drug-likeness (QED) is 0.357. The number of fused-ring (bicyclic) bond motifs is 2. The summed E-state index contributed by atoms with van der Waals surface area (Å²) in [6.45, 7) is -0.809. The first-order valence-corrected chi connectivity index (χ1v) is 6.99. The van der Waals surface area contributed by atoms with E-state index >= 15 is 0 Å². The molecule has 3 rings (SSSR count). The van der Waals surface area contributed by atoms with Crippen LogP contribution < -0.4 is 0 Å². The Kier molecular flexibility index (Phi) is 3.40. The molecule has 3 aromatic carbocycles. The maximum Gasteiger partial charge on any atom is 0.417 e. The van der Waals surface area contributed by atoms with Gasteiger partial charge in [-0.05, 0) is 39.2 Å². The molecular weight excluding hydrogens is 348 g/mol. The first-order valence-electron chi connectivity index (χ1n) is 6.19. The predicted molar refractivity (Wildman–Crippen MR) is 79.0 cm³/mol. The molecule has 0 saturated carbocycles. The minimum absolute atomic E-state index is 0.0169. The topological polar surface area (TPSA) is 0 Å². The van der Waals surface area contributed by atoms with Crippen LogP contribution in [0.3, 0.4) is 0 Å². The summed E-state index contributed by atoms with van der Waals surface area (Å²) in [6, 6.07) is 10.6. The van der Waals surface area contributed by atoms with E-state index in [1.54, 1.807) is 12.1 Å². The fourth-order valence-corrected chi connectivity index (χ4v) is 3.05. The average molecular weight is 357 g/mol. The zero-order chi connectivity index (χ0) is 15.2. The number of alkyl halides is 4. The van der Waals surface area contributed by atoms with Gasteiger partial charge in [0.25, 0.3) is 0 Å². The van der Waals surface area contributed by atoms with E-state index in [-0.39, 0.29) is 10.8 Å². The van der Waals surface area contributed by atoms with Crippen LogP contribution >= 0.6 is 15.9 Å². The number of benzene rings is 3. The summed E-state index contributed by atoms with van der Waals surface area (Å²) in [6.07, 6.45) is -4.51. The summed E-state index contributed by atoms with van der Waals surface area (Å²) in [5, 5.41) is 0.653. The third-order valence-corrected chi connectivity index (χ3v) is 4.01. The van der Waals surface area contributed by atoms with E-state index < -0.39 is 18.4 Å². The van der Waals surface area contributed by atoms with Crippen LogP contribution in [-0.2, 0) is 12.9 Å². The van der Waals surface area contributed by atoms with E-state index in [0.29, 0.717) is 20.8 Å². The van der Waals surface area contributed by atoms with Crippen molar-refractivity contribution in [3.63, 3.8) is 0 Å². The van der Waals surface area contributed by atoms with Gasteiger partial charge in [-0.2, -0.15) is 13.2 Å². The summed E-state index contributed by atoms with van der Waals surface area (Å²) in [5.41, 5.74) is -0.423. The molecule has 108 valence electrons. The fourth-order valence-electron chi connectivity index (χ4n) is 2.69. The Bertz CT molecular complexity index is 837. The van der Waals surface area contributed by atoms with Crippen molar-refractivity contribution >= 4 is 37.5 Å². The Balaban J connectivity index is 2.64. The highest BCUT2D eigenvalue weighted by molar-refractivity contribution is 9.10. The summed E-state index contributed by atoms with van der Waals surface area (Å²) in [5.74, 6) is 0. The highest BCUT2D eigenvalue weighted by Gasteiger charge is 2.35. The van der Waals surface area contributed by atoms with Crippen LogP contribution in [-0.4, -0.2) is 0 Å². The van der Waals surface area contributed by atoms with Gasteiger partial charge >= 0.3 is 6.18 Å². The first kappa shape index (κ1) is 14.3. The molecule has 0 amide bonds. The van der Waals surface area contributed by atoms with Crippen LogP contribution in [0.1, 0.15) is 11.1 Å². The zero-order valence-electron chi connectivity index (χ0n) is 10.6. The van der Waals surface area contributed by atoms with Gasteiger partial charge in [0, 0.05) is 4.47 Å². The summed E-state index contributed by atoms with van der Waals surface area (Å²) >= 11 is 3.18. The largest absolute Gasteiger partial charge is 0.417 e. The van der Waals surface area contributed by atoms with Gasteiger partial charge in [0.1, 0.15) is 6.67 Å². The third-order valence-electron chi connectivity index (χ3n) is 3.51. The van der Waals surface area contributed by atoms with Crippen molar-refractivity contribution in [2.75, 3.05) is 0 Å². The number of halogens is 5. The van der Waals surface area contributed by atoms with Gasteiger partial charge in [-0.25, -0.2) is 4.39 Å². The molecule has 0 aliphatic rings. The standard InChI is InChI=1S/C16H9BrF4/c17-9-5-6-11-13(7-9)15(16(19,20)21)12-4-2-1-3-10(12)14(11)8-18/h1-7H,8H2. The normalized spacial score (nSPS) is 12.2. The van der Waals surface area contributed by atoms with E-state index in [9.17, 15) is 17.6 Å². The number of rotatable bonds is 1. The smallest absolute Gasteiger partial charge is 0.246 e. The molecule has 0 unspecified atom stereocenters. The van der Waals surface area contributed by atoms with Crippen molar-refractivity contribution in [3.8, 4) is 0 Å². The van der Waals surface area contributed by atoms with Gasteiger partial charge in [0.05, 0.1) is 5.56 Å². The van der Waals surface area contributed by atoms with Crippen molar-refractivity contribution in [2.24, 2.45) is 0 Å². The number of hydrogen-bond acceptors (Lipinski definition) is 0. The molecular formula is C16H9BrF4. The molecule has 3 aromatic rings. The van der Waals surface area contributed by atoms with E-state index in [2.05, 4.69) is 15.9 Å². The number of hydrogen-bond donors (Lipinski definition) is 0. The summed E-state index contributed by atoms with van der Waals surface area (Å²) in [7, 11) is 0. The van der Waals surface area contributed by atoms with Gasteiger partial charge in [0.2, 0.25) is 0 Å². The molecule has 21 heavy (non-hydrogen) atoms. The lowest BCUT2D eigenvalue weighted by Gasteiger charge is -2.17. The Labute approximate surface area is 126 Å². The minimum atomic E-state index is -4.51. The SMILES string of the molecule is FCc1c2ccccc2c(C(F)(F)F)c2cc(Br)ccc12. The van der Waals surface area contributed by atoms with Crippen LogP contribution in [0.25, 0.3) is 21.5 Å². The molecule has 0 N–H and O–H groups in total. The molecule has 0 aliphatic heterocycles. The maximum atomic E-state index is 13.5. The molecule has 0 aliphatic carbocycles. The molecule has 0 fully saturated rings. The Morgan fingerprint density at radius 2 is 1.48 bits per heavy atom. The highest BCUT2D eigenvalue weighted by Crippen LogP contribution is 2.43. The molecule has 0 bridgehead atoms. The van der Waals surface area contributed by atoms with Gasteiger partial charge in [-0.1, -0.05) is 46.3 Å². The van der Waals surface area contributed by atoms with Crippen molar-refractivity contribution in [3.05, 3.63) is 58.1 Å². The lowest BCUT2D eigenvalue weighted by atomic mass is 9.92. The van der Waals surface area contributed by atoms with Crippen molar-refractivity contribution in [1.82, 2.24) is 0 Å². The van der Waals surface area contributed by atoms with Crippen LogP contribution in [0.4, 0.5) is 17.6 Å². The Morgan fingerprint density at radius 3 is 2.10 bits per heavy atom. The Morgan fingerprint density at radius 1 is 0.857 bits per heavy atom. The molecule has 5 heteroatoms. The van der Waals surface area contributed by atoms with E-state index in [0.717, 1.165) is 0 Å². The zero-order valence-corrected chi connectivity index (χ0v) is 12.2. The van der Waals surface area contributed by atoms with Crippen LogP contribution in [0.15, 0.2) is 46.9 Å². The van der Waals surface area contributed by atoms with Crippen molar-refractivity contribution < 1.29 is 17.6 Å². The fraction of sp³-hybridized carbons (Fsp3) is 0.125. The summed E-state index contributed by atoms with van der Waals surface area (Å²) < 4.78 is 54.5. The van der Waals surface area contributed by atoms with Crippen molar-refractivity contribution in [2.45, 2.75) is 12.9 Å². The second-order valence-electron chi connectivity index (χ2n) is 4.72. The average Bonchev–Trinajstić information content (AvgIpc) is 2.43. The molecule has 0 saturated heterocycles. The lowest BCUT2D eigenvalue weighted by Crippen LogP contribution is -2.08. The van der Waals surface area contributed by atoms with Crippen LogP contribution in [0.5, 0.6) is 0 Å². The van der Waals surface area contributed by atoms with E-state index in [1.807, 2.05) is 0 Å². The van der Waals surface area contributed by atoms with Gasteiger partial charge in [-0.15, -0.1) is 0 Å². The van der Waals surface area contributed by atoms with Gasteiger partial charge < -0.3 is 0 Å². The van der Waals surface area contributed by atoms with Gasteiger partial charge in [0.15, 0.2) is 0 Å². The van der Waals surface area contributed by atoms with E-state index in [4.69, 9.17) is 0 Å². The molecule has 0 spiro atoms. The molecule has 0 nitrogen and oxygen atoms in total. The van der Waals surface area contributed by atoms with Gasteiger partial charge in [-0.3, -0.25) is 0 Å².